The molecular weight excluding hydrogens is 284 g/mol. The van der Waals surface area contributed by atoms with Gasteiger partial charge in [0, 0.05) is 17.3 Å². The smallest absolute Gasteiger partial charge is 0.130 e. The van der Waals surface area contributed by atoms with Crippen LogP contribution in [0.5, 0.6) is 5.75 Å². The second-order valence-corrected chi connectivity index (χ2v) is 5.62. The number of pyridine rings is 1. The molecule has 112 valence electrons. The highest BCUT2D eigenvalue weighted by Gasteiger charge is 2.10. The summed E-state index contributed by atoms with van der Waals surface area (Å²) in [6, 6.07) is 9.73. The van der Waals surface area contributed by atoms with Gasteiger partial charge in [-0.2, -0.15) is 0 Å². The number of rotatable bonds is 6. The van der Waals surface area contributed by atoms with Gasteiger partial charge in [0.05, 0.1) is 5.69 Å². The number of nitrogens with zero attached hydrogens (tertiary/aromatic N) is 1. The van der Waals surface area contributed by atoms with Crippen molar-refractivity contribution in [3.8, 4) is 5.75 Å². The number of ether oxygens (including phenoxy) is 1. The van der Waals surface area contributed by atoms with Gasteiger partial charge in [0.2, 0.25) is 0 Å². The van der Waals surface area contributed by atoms with Crippen LogP contribution in [0.15, 0.2) is 36.5 Å². The Bertz CT molecular complexity index is 601. The minimum atomic E-state index is 0.113. The van der Waals surface area contributed by atoms with Gasteiger partial charge in [0.15, 0.2) is 0 Å². The maximum atomic E-state index is 6.08. The third kappa shape index (κ3) is 4.45. The molecule has 2 N–H and O–H groups in total. The first-order valence-corrected chi connectivity index (χ1v) is 7.55. The monoisotopic (exact) mass is 304 g/mol. The number of benzene rings is 1. The Kier molecular flexibility index (Phi) is 5.59. The van der Waals surface area contributed by atoms with Crippen LogP contribution in [0.1, 0.15) is 30.2 Å². The Labute approximate surface area is 131 Å². The Balaban J connectivity index is 2.14. The van der Waals surface area contributed by atoms with Crippen LogP contribution in [0.25, 0.3) is 0 Å². The van der Waals surface area contributed by atoms with E-state index in [0.717, 1.165) is 35.4 Å². The minimum absolute atomic E-state index is 0.113. The van der Waals surface area contributed by atoms with E-state index in [4.69, 9.17) is 22.1 Å². The summed E-state index contributed by atoms with van der Waals surface area (Å²) in [6.07, 6.45) is 3.46. The van der Waals surface area contributed by atoms with Crippen molar-refractivity contribution in [2.24, 2.45) is 5.73 Å². The third-order valence-electron chi connectivity index (χ3n) is 3.51. The molecule has 0 saturated heterocycles. The van der Waals surface area contributed by atoms with Gasteiger partial charge < -0.3 is 10.5 Å². The third-order valence-corrected chi connectivity index (χ3v) is 3.75. The SMILES string of the molecule is CCC(N)Cc1cc(Cl)ccc1OCc1ncccc1C. The van der Waals surface area contributed by atoms with Gasteiger partial charge in [-0.05, 0) is 55.2 Å². The van der Waals surface area contributed by atoms with E-state index in [-0.39, 0.29) is 6.04 Å². The zero-order valence-corrected chi connectivity index (χ0v) is 13.2. The summed E-state index contributed by atoms with van der Waals surface area (Å²) in [5.74, 6) is 0.827. The van der Waals surface area contributed by atoms with Crippen molar-refractivity contribution >= 4 is 11.6 Å². The van der Waals surface area contributed by atoms with E-state index >= 15 is 0 Å². The molecule has 0 fully saturated rings. The molecular formula is C17H21ClN2O. The van der Waals surface area contributed by atoms with Crippen LogP contribution in [0.2, 0.25) is 5.02 Å². The zero-order chi connectivity index (χ0) is 15.2. The van der Waals surface area contributed by atoms with Crippen LogP contribution < -0.4 is 10.5 Å². The lowest BCUT2D eigenvalue weighted by molar-refractivity contribution is 0.296. The molecule has 4 heteroatoms. The maximum Gasteiger partial charge on any atom is 0.130 e. The molecule has 2 rings (SSSR count). The minimum Gasteiger partial charge on any atom is -0.487 e. The normalized spacial score (nSPS) is 12.2. The summed E-state index contributed by atoms with van der Waals surface area (Å²) >= 11 is 6.08. The van der Waals surface area contributed by atoms with Crippen molar-refractivity contribution < 1.29 is 4.74 Å². The molecule has 1 unspecified atom stereocenters. The molecule has 0 aliphatic rings. The summed E-state index contributed by atoms with van der Waals surface area (Å²) in [6.45, 7) is 4.55. The fourth-order valence-corrected chi connectivity index (χ4v) is 2.29. The summed E-state index contributed by atoms with van der Waals surface area (Å²) < 4.78 is 5.93. The predicted octanol–water partition coefficient (Wildman–Crippen LogP) is 3.90. The van der Waals surface area contributed by atoms with E-state index in [9.17, 15) is 0 Å². The van der Waals surface area contributed by atoms with E-state index < -0.39 is 0 Å². The summed E-state index contributed by atoms with van der Waals surface area (Å²) in [4.78, 5) is 4.34. The van der Waals surface area contributed by atoms with Gasteiger partial charge >= 0.3 is 0 Å². The lowest BCUT2D eigenvalue weighted by Crippen LogP contribution is -2.21. The molecule has 0 saturated carbocycles. The number of hydrogen-bond acceptors (Lipinski definition) is 3. The number of halogens is 1. The van der Waals surface area contributed by atoms with Gasteiger partial charge in [-0.25, -0.2) is 0 Å². The molecule has 2 aromatic rings. The first-order chi connectivity index (χ1) is 10.1. The first kappa shape index (κ1) is 15.8. The average Bonchev–Trinajstić information content (AvgIpc) is 2.48. The second kappa shape index (κ2) is 7.43. The maximum absolute atomic E-state index is 6.08. The lowest BCUT2D eigenvalue weighted by atomic mass is 10.0. The van der Waals surface area contributed by atoms with Crippen molar-refractivity contribution in [1.82, 2.24) is 4.98 Å². The molecule has 0 spiro atoms. The largest absolute Gasteiger partial charge is 0.487 e. The van der Waals surface area contributed by atoms with Gasteiger partial charge in [-0.1, -0.05) is 24.6 Å². The molecule has 21 heavy (non-hydrogen) atoms. The van der Waals surface area contributed by atoms with Crippen molar-refractivity contribution in [2.75, 3.05) is 0 Å². The average molecular weight is 305 g/mol. The quantitative estimate of drug-likeness (QED) is 0.880. The molecule has 0 aliphatic heterocycles. The van der Waals surface area contributed by atoms with Crippen LogP contribution in [0, 0.1) is 6.92 Å². The Morgan fingerprint density at radius 3 is 2.86 bits per heavy atom. The highest BCUT2D eigenvalue weighted by atomic mass is 35.5. The Morgan fingerprint density at radius 1 is 1.33 bits per heavy atom. The second-order valence-electron chi connectivity index (χ2n) is 5.18. The molecule has 1 aromatic carbocycles. The van der Waals surface area contributed by atoms with Gasteiger partial charge in [0.1, 0.15) is 12.4 Å². The number of hydrogen-bond donors (Lipinski definition) is 1. The Morgan fingerprint density at radius 2 is 2.14 bits per heavy atom. The standard InChI is InChI=1S/C17H21ClN2O/c1-3-15(19)10-13-9-14(18)6-7-17(13)21-11-16-12(2)5-4-8-20-16/h4-9,15H,3,10-11,19H2,1-2H3. The van der Waals surface area contributed by atoms with E-state index in [0.29, 0.717) is 11.6 Å². The van der Waals surface area contributed by atoms with Gasteiger partial charge in [-0.15, -0.1) is 0 Å². The van der Waals surface area contributed by atoms with Gasteiger partial charge in [-0.3, -0.25) is 4.98 Å². The molecule has 0 aliphatic carbocycles. The Hall–Kier alpha value is -1.58. The summed E-state index contributed by atoms with van der Waals surface area (Å²) in [7, 11) is 0. The molecule has 0 amide bonds. The molecule has 1 aromatic heterocycles. The van der Waals surface area contributed by atoms with Crippen molar-refractivity contribution in [3.05, 3.63) is 58.4 Å². The number of nitrogens with two attached hydrogens (primary N) is 1. The molecule has 0 radical (unpaired) electrons. The predicted molar refractivity (Wildman–Crippen MR) is 86.7 cm³/mol. The lowest BCUT2D eigenvalue weighted by Gasteiger charge is -2.15. The topological polar surface area (TPSA) is 48.1 Å². The van der Waals surface area contributed by atoms with Crippen molar-refractivity contribution in [1.29, 1.82) is 0 Å². The van der Waals surface area contributed by atoms with E-state index in [2.05, 4.69) is 11.9 Å². The molecule has 3 nitrogen and oxygen atoms in total. The van der Waals surface area contributed by atoms with Crippen LogP contribution in [0.4, 0.5) is 0 Å². The highest BCUT2D eigenvalue weighted by molar-refractivity contribution is 6.30. The van der Waals surface area contributed by atoms with Crippen molar-refractivity contribution in [3.63, 3.8) is 0 Å². The van der Waals surface area contributed by atoms with E-state index in [1.165, 1.54) is 0 Å². The summed E-state index contributed by atoms with van der Waals surface area (Å²) in [5.41, 5.74) is 9.16. The van der Waals surface area contributed by atoms with Crippen LogP contribution >= 0.6 is 11.6 Å². The van der Waals surface area contributed by atoms with Crippen LogP contribution in [0.3, 0.4) is 0 Å². The number of aromatic nitrogens is 1. The summed E-state index contributed by atoms with van der Waals surface area (Å²) in [5, 5.41) is 0.703. The first-order valence-electron chi connectivity index (χ1n) is 7.17. The molecule has 0 bridgehead atoms. The van der Waals surface area contributed by atoms with E-state index in [1.807, 2.05) is 37.3 Å². The van der Waals surface area contributed by atoms with E-state index in [1.54, 1.807) is 6.20 Å². The zero-order valence-electron chi connectivity index (χ0n) is 12.5. The van der Waals surface area contributed by atoms with Crippen LogP contribution in [-0.4, -0.2) is 11.0 Å². The van der Waals surface area contributed by atoms with Gasteiger partial charge in [0.25, 0.3) is 0 Å². The van der Waals surface area contributed by atoms with Crippen molar-refractivity contribution in [2.45, 2.75) is 39.3 Å². The number of aryl methyl sites for hydroxylation is 1. The highest BCUT2D eigenvalue weighted by Crippen LogP contribution is 2.25. The molecule has 1 heterocycles. The molecule has 1 atom stereocenters. The fourth-order valence-electron chi connectivity index (χ4n) is 2.09. The van der Waals surface area contributed by atoms with Crippen LogP contribution in [-0.2, 0) is 13.0 Å². The fraction of sp³-hybridized carbons (Fsp3) is 0.353.